The van der Waals surface area contributed by atoms with Crippen LogP contribution in [0.25, 0.3) is 0 Å². The quantitative estimate of drug-likeness (QED) is 0.919. The Morgan fingerprint density at radius 3 is 2.47 bits per heavy atom. The van der Waals surface area contributed by atoms with Crippen LogP contribution in [0.3, 0.4) is 0 Å². The third-order valence-electron chi connectivity index (χ3n) is 2.68. The van der Waals surface area contributed by atoms with Crippen molar-refractivity contribution in [3.8, 4) is 0 Å². The molecule has 0 saturated heterocycles. The average Bonchev–Trinajstić information content (AvgIpc) is 2.86. The lowest BCUT2D eigenvalue weighted by Gasteiger charge is -2.17. The highest BCUT2D eigenvalue weighted by molar-refractivity contribution is 7.10. The Balaban J connectivity index is 2.04. The van der Waals surface area contributed by atoms with Crippen LogP contribution in [-0.4, -0.2) is 9.97 Å². The monoisotopic (exact) mass is 267 g/mol. The molecule has 2 aromatic rings. The molecule has 0 aliphatic rings. The zero-order chi connectivity index (χ0) is 12.4. The summed E-state index contributed by atoms with van der Waals surface area (Å²) in [4.78, 5) is 10.1. The molecule has 0 aliphatic carbocycles. The van der Waals surface area contributed by atoms with E-state index in [1.807, 2.05) is 12.4 Å². The summed E-state index contributed by atoms with van der Waals surface area (Å²) in [6.45, 7) is 8.42. The Hall–Kier alpha value is -0.780. The van der Waals surface area contributed by atoms with Crippen LogP contribution >= 0.6 is 22.7 Å². The molecule has 0 aliphatic heterocycles. The van der Waals surface area contributed by atoms with Crippen LogP contribution < -0.4 is 5.32 Å². The maximum absolute atomic E-state index is 4.51. The number of hydrogen-bond donors (Lipinski definition) is 1. The van der Waals surface area contributed by atoms with Crippen molar-refractivity contribution < 1.29 is 0 Å². The van der Waals surface area contributed by atoms with Crippen molar-refractivity contribution in [3.63, 3.8) is 0 Å². The first kappa shape index (κ1) is 12.7. The molecule has 17 heavy (non-hydrogen) atoms. The van der Waals surface area contributed by atoms with Crippen LogP contribution in [0.4, 0.5) is 0 Å². The van der Waals surface area contributed by atoms with E-state index in [2.05, 4.69) is 41.4 Å². The molecule has 2 atom stereocenters. The van der Waals surface area contributed by atoms with E-state index in [-0.39, 0.29) is 6.04 Å². The van der Waals surface area contributed by atoms with Crippen molar-refractivity contribution in [2.24, 2.45) is 0 Å². The molecule has 0 radical (unpaired) electrons. The van der Waals surface area contributed by atoms with Crippen LogP contribution in [-0.2, 0) is 0 Å². The molecule has 2 rings (SSSR count). The van der Waals surface area contributed by atoms with Gasteiger partial charge in [-0.3, -0.25) is 0 Å². The largest absolute Gasteiger partial charge is 0.301 e. The van der Waals surface area contributed by atoms with Gasteiger partial charge in [-0.05, 0) is 27.7 Å². The molecule has 2 unspecified atom stereocenters. The lowest BCUT2D eigenvalue weighted by atomic mass is 10.2. The van der Waals surface area contributed by atoms with Crippen molar-refractivity contribution in [2.75, 3.05) is 0 Å². The zero-order valence-electron chi connectivity index (χ0n) is 10.5. The van der Waals surface area contributed by atoms with Crippen LogP contribution in [0, 0.1) is 13.8 Å². The van der Waals surface area contributed by atoms with Gasteiger partial charge in [-0.1, -0.05) is 0 Å². The van der Waals surface area contributed by atoms with E-state index in [0.29, 0.717) is 6.04 Å². The van der Waals surface area contributed by atoms with E-state index in [1.54, 1.807) is 22.7 Å². The molecule has 0 amide bonds. The summed E-state index contributed by atoms with van der Waals surface area (Å²) in [6, 6.07) is 0.604. The number of hydrogen-bond acceptors (Lipinski definition) is 5. The van der Waals surface area contributed by atoms with Crippen LogP contribution in [0.5, 0.6) is 0 Å². The summed E-state index contributed by atoms with van der Waals surface area (Å²) >= 11 is 3.42. The SMILES string of the molecule is Cc1csc(C(C)NC(C)c2scnc2C)n1. The minimum absolute atomic E-state index is 0.283. The van der Waals surface area contributed by atoms with Crippen molar-refractivity contribution in [3.05, 3.63) is 32.2 Å². The first-order valence-corrected chi connectivity index (χ1v) is 7.42. The smallest absolute Gasteiger partial charge is 0.110 e. The Bertz CT molecular complexity index is 489. The molecule has 0 aromatic carbocycles. The topological polar surface area (TPSA) is 37.8 Å². The lowest BCUT2D eigenvalue weighted by Crippen LogP contribution is -2.22. The highest BCUT2D eigenvalue weighted by atomic mass is 32.1. The molecular weight excluding hydrogens is 250 g/mol. The van der Waals surface area contributed by atoms with Gasteiger partial charge < -0.3 is 5.32 Å². The number of rotatable bonds is 4. The summed E-state index contributed by atoms with van der Waals surface area (Å²) in [6.07, 6.45) is 0. The van der Waals surface area contributed by atoms with Crippen molar-refractivity contribution in [2.45, 2.75) is 39.8 Å². The molecule has 1 N–H and O–H groups in total. The normalized spacial score (nSPS) is 14.8. The van der Waals surface area contributed by atoms with E-state index in [0.717, 1.165) is 16.4 Å². The highest BCUT2D eigenvalue weighted by Gasteiger charge is 2.16. The highest BCUT2D eigenvalue weighted by Crippen LogP contribution is 2.25. The van der Waals surface area contributed by atoms with Crippen LogP contribution in [0.2, 0.25) is 0 Å². The molecule has 3 nitrogen and oxygen atoms in total. The summed E-state index contributed by atoms with van der Waals surface area (Å²) in [5, 5.41) is 6.81. The van der Waals surface area contributed by atoms with E-state index in [9.17, 15) is 0 Å². The summed E-state index contributed by atoms with van der Waals surface area (Å²) in [5.74, 6) is 0. The first-order valence-electron chi connectivity index (χ1n) is 5.66. The second kappa shape index (κ2) is 5.25. The molecule has 92 valence electrons. The van der Waals surface area contributed by atoms with E-state index >= 15 is 0 Å². The Morgan fingerprint density at radius 2 is 1.94 bits per heavy atom. The van der Waals surface area contributed by atoms with Crippen molar-refractivity contribution in [1.82, 2.24) is 15.3 Å². The van der Waals surface area contributed by atoms with Gasteiger partial charge in [0.25, 0.3) is 0 Å². The molecule has 2 heterocycles. The van der Waals surface area contributed by atoms with E-state index < -0.39 is 0 Å². The lowest BCUT2D eigenvalue weighted by molar-refractivity contribution is 0.496. The Kier molecular flexibility index (Phi) is 3.91. The standard InChI is InChI=1S/C12H17N3S2/c1-7-5-16-12(14-7)10(4)15-9(3)11-8(2)13-6-17-11/h5-6,9-10,15H,1-4H3. The third kappa shape index (κ3) is 2.91. The van der Waals surface area contributed by atoms with Crippen molar-refractivity contribution >= 4 is 22.7 Å². The number of aryl methyl sites for hydroxylation is 2. The fourth-order valence-electron chi connectivity index (χ4n) is 1.82. The molecule has 0 fully saturated rings. The van der Waals surface area contributed by atoms with Gasteiger partial charge in [0.2, 0.25) is 0 Å². The summed E-state index contributed by atoms with van der Waals surface area (Å²) in [7, 11) is 0. The van der Waals surface area contributed by atoms with Crippen LogP contribution in [0.15, 0.2) is 10.9 Å². The predicted molar refractivity (Wildman–Crippen MR) is 73.7 cm³/mol. The fraction of sp³-hybridized carbons (Fsp3) is 0.500. The predicted octanol–water partition coefficient (Wildman–Crippen LogP) is 3.63. The number of nitrogens with zero attached hydrogens (tertiary/aromatic N) is 2. The van der Waals surface area contributed by atoms with Gasteiger partial charge in [0.05, 0.1) is 17.2 Å². The maximum Gasteiger partial charge on any atom is 0.110 e. The fourth-order valence-corrected chi connectivity index (χ4v) is 3.45. The average molecular weight is 267 g/mol. The van der Waals surface area contributed by atoms with Gasteiger partial charge >= 0.3 is 0 Å². The second-order valence-electron chi connectivity index (χ2n) is 4.24. The van der Waals surface area contributed by atoms with Gasteiger partial charge in [0.1, 0.15) is 5.01 Å². The Morgan fingerprint density at radius 1 is 1.18 bits per heavy atom. The number of nitrogens with one attached hydrogen (secondary N) is 1. The maximum atomic E-state index is 4.51. The molecular formula is C12H17N3S2. The Labute approximate surface area is 110 Å². The van der Waals surface area contributed by atoms with Crippen LogP contribution in [0.1, 0.15) is 47.2 Å². The van der Waals surface area contributed by atoms with Gasteiger partial charge in [-0.25, -0.2) is 9.97 Å². The van der Waals surface area contributed by atoms with Gasteiger partial charge in [-0.15, -0.1) is 22.7 Å². The third-order valence-corrected chi connectivity index (χ3v) is 4.94. The number of thiazole rings is 2. The molecule has 0 bridgehead atoms. The molecule has 5 heteroatoms. The van der Waals surface area contributed by atoms with Gasteiger partial charge in [0.15, 0.2) is 0 Å². The molecule has 0 spiro atoms. The minimum Gasteiger partial charge on any atom is -0.301 e. The van der Waals surface area contributed by atoms with Gasteiger partial charge in [-0.2, -0.15) is 0 Å². The summed E-state index contributed by atoms with van der Waals surface area (Å²) < 4.78 is 0. The number of aromatic nitrogens is 2. The second-order valence-corrected chi connectivity index (χ2v) is 6.02. The van der Waals surface area contributed by atoms with Gasteiger partial charge in [0, 0.05) is 22.0 Å². The van der Waals surface area contributed by atoms with Crippen molar-refractivity contribution in [1.29, 1.82) is 0 Å². The van der Waals surface area contributed by atoms with E-state index in [1.165, 1.54) is 4.88 Å². The first-order chi connectivity index (χ1) is 8.08. The molecule has 0 saturated carbocycles. The zero-order valence-corrected chi connectivity index (χ0v) is 12.2. The van der Waals surface area contributed by atoms with E-state index in [4.69, 9.17) is 0 Å². The molecule has 2 aromatic heterocycles. The summed E-state index contributed by atoms with van der Waals surface area (Å²) in [5.41, 5.74) is 4.12. The minimum atomic E-state index is 0.283.